The number of aliphatic hydroxyl groups excluding tert-OH is 1. The molecule has 0 fully saturated rings. The summed E-state index contributed by atoms with van der Waals surface area (Å²) in [5, 5.41) is 8.86. The minimum Gasteiger partial charge on any atom is -0.508 e. The van der Waals surface area contributed by atoms with Crippen molar-refractivity contribution in [1.82, 2.24) is 0 Å². The van der Waals surface area contributed by atoms with Gasteiger partial charge >= 0.3 is 0 Å². The Morgan fingerprint density at radius 3 is 2.75 bits per heavy atom. The SMILES string of the molecule is CC1=CC(O)=CCC1. The van der Waals surface area contributed by atoms with Crippen molar-refractivity contribution < 1.29 is 5.11 Å². The zero-order valence-electron chi connectivity index (χ0n) is 5.02. The van der Waals surface area contributed by atoms with Crippen LogP contribution in [0.1, 0.15) is 19.8 Å². The molecular weight excluding hydrogens is 100 g/mol. The Kier molecular flexibility index (Phi) is 1.38. The molecule has 1 aliphatic rings. The number of hydrogen-bond acceptors (Lipinski definition) is 1. The van der Waals surface area contributed by atoms with E-state index in [9.17, 15) is 0 Å². The van der Waals surface area contributed by atoms with E-state index in [1.165, 1.54) is 5.57 Å². The summed E-state index contributed by atoms with van der Waals surface area (Å²) in [4.78, 5) is 0. The van der Waals surface area contributed by atoms with Crippen molar-refractivity contribution in [3.05, 3.63) is 23.5 Å². The Morgan fingerprint density at radius 2 is 2.38 bits per heavy atom. The maximum atomic E-state index is 8.86. The van der Waals surface area contributed by atoms with Gasteiger partial charge in [-0.1, -0.05) is 5.57 Å². The molecule has 1 aliphatic carbocycles. The second-order valence-electron chi connectivity index (χ2n) is 2.16. The van der Waals surface area contributed by atoms with Crippen LogP contribution >= 0.6 is 0 Å². The highest BCUT2D eigenvalue weighted by Crippen LogP contribution is 2.13. The summed E-state index contributed by atoms with van der Waals surface area (Å²) in [6.45, 7) is 2.03. The van der Waals surface area contributed by atoms with Crippen molar-refractivity contribution in [2.75, 3.05) is 0 Å². The second-order valence-corrected chi connectivity index (χ2v) is 2.16. The normalized spacial score (nSPS) is 19.6. The first kappa shape index (κ1) is 5.42. The predicted molar refractivity (Wildman–Crippen MR) is 33.7 cm³/mol. The van der Waals surface area contributed by atoms with Gasteiger partial charge in [0.25, 0.3) is 0 Å². The van der Waals surface area contributed by atoms with Crippen LogP contribution in [-0.4, -0.2) is 5.11 Å². The van der Waals surface area contributed by atoms with E-state index in [4.69, 9.17) is 5.11 Å². The third-order valence-corrected chi connectivity index (χ3v) is 1.29. The van der Waals surface area contributed by atoms with Gasteiger partial charge in [-0.2, -0.15) is 0 Å². The molecule has 0 aliphatic heterocycles. The molecule has 0 bridgehead atoms. The standard InChI is InChI=1S/C7H10O/c1-6-3-2-4-7(8)5-6/h4-5,8H,2-3H2,1H3. The lowest BCUT2D eigenvalue weighted by Gasteiger charge is -2.03. The van der Waals surface area contributed by atoms with E-state index in [1.807, 2.05) is 19.1 Å². The van der Waals surface area contributed by atoms with E-state index in [1.54, 1.807) is 0 Å². The van der Waals surface area contributed by atoms with Crippen molar-refractivity contribution in [2.45, 2.75) is 19.8 Å². The Morgan fingerprint density at radius 1 is 1.62 bits per heavy atom. The van der Waals surface area contributed by atoms with Crippen LogP contribution in [0.3, 0.4) is 0 Å². The maximum absolute atomic E-state index is 8.86. The fourth-order valence-electron chi connectivity index (χ4n) is 0.831. The van der Waals surface area contributed by atoms with Crippen LogP contribution in [0, 0.1) is 0 Å². The summed E-state index contributed by atoms with van der Waals surface area (Å²) in [5.74, 6) is 0.425. The number of hydrogen-bond donors (Lipinski definition) is 1. The van der Waals surface area contributed by atoms with Crippen LogP contribution < -0.4 is 0 Å². The maximum Gasteiger partial charge on any atom is 0.111 e. The van der Waals surface area contributed by atoms with Gasteiger partial charge in [-0.3, -0.25) is 0 Å². The van der Waals surface area contributed by atoms with Crippen LogP contribution in [0.25, 0.3) is 0 Å². The topological polar surface area (TPSA) is 20.2 Å². The van der Waals surface area contributed by atoms with Gasteiger partial charge in [0.15, 0.2) is 0 Å². The average Bonchev–Trinajstić information content (AvgIpc) is 1.64. The zero-order valence-corrected chi connectivity index (χ0v) is 5.02. The van der Waals surface area contributed by atoms with E-state index < -0.39 is 0 Å². The third kappa shape index (κ3) is 1.12. The Hall–Kier alpha value is -0.720. The van der Waals surface area contributed by atoms with Crippen LogP contribution in [0.2, 0.25) is 0 Å². The van der Waals surface area contributed by atoms with E-state index in [-0.39, 0.29) is 0 Å². The minimum atomic E-state index is 0.425. The lowest BCUT2D eigenvalue weighted by molar-refractivity contribution is 0.425. The molecule has 0 atom stereocenters. The molecule has 1 N–H and O–H groups in total. The summed E-state index contributed by atoms with van der Waals surface area (Å²) in [5.41, 5.74) is 1.27. The fraction of sp³-hybridized carbons (Fsp3) is 0.429. The summed E-state index contributed by atoms with van der Waals surface area (Å²) < 4.78 is 0. The molecule has 0 amide bonds. The molecule has 0 spiro atoms. The first-order chi connectivity index (χ1) is 3.79. The zero-order chi connectivity index (χ0) is 5.98. The Labute approximate surface area is 49.3 Å². The average molecular weight is 110 g/mol. The van der Waals surface area contributed by atoms with Gasteiger partial charge in [0.2, 0.25) is 0 Å². The van der Waals surface area contributed by atoms with Crippen molar-refractivity contribution >= 4 is 0 Å². The molecule has 0 aromatic carbocycles. The van der Waals surface area contributed by atoms with Gasteiger partial charge in [0.1, 0.15) is 5.76 Å². The Bertz CT molecular complexity index is 142. The smallest absolute Gasteiger partial charge is 0.111 e. The molecule has 8 heavy (non-hydrogen) atoms. The van der Waals surface area contributed by atoms with Crippen LogP contribution in [0.4, 0.5) is 0 Å². The lowest BCUT2D eigenvalue weighted by atomic mass is 10.1. The van der Waals surface area contributed by atoms with Crippen LogP contribution in [-0.2, 0) is 0 Å². The summed E-state index contributed by atoms with van der Waals surface area (Å²) in [7, 11) is 0. The molecule has 0 saturated heterocycles. The molecule has 0 heterocycles. The quantitative estimate of drug-likeness (QED) is 0.506. The molecule has 1 rings (SSSR count). The summed E-state index contributed by atoms with van der Waals surface area (Å²) >= 11 is 0. The Balaban J connectivity index is 2.69. The second kappa shape index (κ2) is 2.03. The number of rotatable bonds is 0. The highest BCUT2D eigenvalue weighted by atomic mass is 16.3. The van der Waals surface area contributed by atoms with Gasteiger partial charge in [-0.25, -0.2) is 0 Å². The summed E-state index contributed by atoms with van der Waals surface area (Å²) in [6.07, 6.45) is 5.74. The first-order valence-electron chi connectivity index (χ1n) is 2.85. The first-order valence-corrected chi connectivity index (χ1v) is 2.85. The highest BCUT2D eigenvalue weighted by Gasteiger charge is 1.96. The summed E-state index contributed by atoms with van der Waals surface area (Å²) in [6, 6.07) is 0. The van der Waals surface area contributed by atoms with E-state index in [0.29, 0.717) is 5.76 Å². The molecular formula is C7H10O. The van der Waals surface area contributed by atoms with E-state index in [2.05, 4.69) is 0 Å². The molecule has 44 valence electrons. The van der Waals surface area contributed by atoms with Crippen molar-refractivity contribution in [3.8, 4) is 0 Å². The monoisotopic (exact) mass is 110 g/mol. The van der Waals surface area contributed by atoms with Gasteiger partial charge in [-0.05, 0) is 31.9 Å². The highest BCUT2D eigenvalue weighted by molar-refractivity contribution is 5.20. The van der Waals surface area contributed by atoms with Gasteiger partial charge in [-0.15, -0.1) is 0 Å². The van der Waals surface area contributed by atoms with Gasteiger partial charge < -0.3 is 5.11 Å². The molecule has 0 radical (unpaired) electrons. The molecule has 0 saturated carbocycles. The molecule has 1 heteroatoms. The van der Waals surface area contributed by atoms with E-state index in [0.717, 1.165) is 12.8 Å². The third-order valence-electron chi connectivity index (χ3n) is 1.29. The molecule has 1 nitrogen and oxygen atoms in total. The van der Waals surface area contributed by atoms with Gasteiger partial charge in [0.05, 0.1) is 0 Å². The van der Waals surface area contributed by atoms with Crippen molar-refractivity contribution in [1.29, 1.82) is 0 Å². The fourth-order valence-corrected chi connectivity index (χ4v) is 0.831. The molecule has 0 aromatic heterocycles. The largest absolute Gasteiger partial charge is 0.508 e. The minimum absolute atomic E-state index is 0.425. The lowest BCUT2D eigenvalue weighted by Crippen LogP contribution is -1.86. The molecule has 0 aromatic rings. The van der Waals surface area contributed by atoms with Crippen LogP contribution in [0.15, 0.2) is 23.5 Å². The number of allylic oxidation sites excluding steroid dienone is 3. The number of aliphatic hydroxyl groups is 1. The van der Waals surface area contributed by atoms with Crippen molar-refractivity contribution in [3.63, 3.8) is 0 Å². The van der Waals surface area contributed by atoms with Crippen LogP contribution in [0.5, 0.6) is 0 Å². The molecule has 0 unspecified atom stereocenters. The van der Waals surface area contributed by atoms with E-state index >= 15 is 0 Å². The predicted octanol–water partition coefficient (Wildman–Crippen LogP) is 2.17. The van der Waals surface area contributed by atoms with Gasteiger partial charge in [0, 0.05) is 0 Å². The van der Waals surface area contributed by atoms with Crippen molar-refractivity contribution in [2.24, 2.45) is 0 Å².